The molecular weight excluding hydrogens is 206 g/mol. The molecule has 0 bridgehead atoms. The highest BCUT2D eigenvalue weighted by Gasteiger charge is 2.60. The van der Waals surface area contributed by atoms with Crippen LogP contribution in [0.15, 0.2) is 0 Å². The summed E-state index contributed by atoms with van der Waals surface area (Å²) >= 11 is 0. The van der Waals surface area contributed by atoms with Gasteiger partial charge < -0.3 is 4.74 Å². The van der Waals surface area contributed by atoms with Gasteiger partial charge in [-0.25, -0.2) is 9.69 Å². The van der Waals surface area contributed by atoms with E-state index in [4.69, 9.17) is 4.74 Å². The number of nitrogens with zero attached hydrogens (tertiary/aromatic N) is 1. The van der Waals surface area contributed by atoms with Crippen LogP contribution in [0.2, 0.25) is 0 Å². The largest absolute Gasteiger partial charge is 0.441 e. The maximum atomic E-state index is 11.9. The second-order valence-electron chi connectivity index (χ2n) is 5.26. The van der Waals surface area contributed by atoms with Crippen molar-refractivity contribution in [2.24, 2.45) is 5.92 Å². The zero-order valence-corrected chi connectivity index (χ0v) is 11.0. The van der Waals surface area contributed by atoms with Crippen LogP contribution >= 0.6 is 0 Å². The fraction of sp³-hybridized carbons (Fsp3) is 0.833. The SMILES string of the molecule is CCC(=O)N1C(=O)OC(C)(C)C1(C)C(C)C. The Kier molecular flexibility index (Phi) is 3.05. The Bertz CT molecular complexity index is 322. The second kappa shape index (κ2) is 3.75. The van der Waals surface area contributed by atoms with Crippen LogP contribution in [0.4, 0.5) is 4.79 Å². The van der Waals surface area contributed by atoms with Crippen molar-refractivity contribution in [1.29, 1.82) is 0 Å². The monoisotopic (exact) mass is 227 g/mol. The molecule has 92 valence electrons. The molecule has 1 fully saturated rings. The molecule has 0 N–H and O–H groups in total. The van der Waals surface area contributed by atoms with E-state index in [1.54, 1.807) is 6.92 Å². The molecule has 1 rings (SSSR count). The Morgan fingerprint density at radius 2 is 1.88 bits per heavy atom. The van der Waals surface area contributed by atoms with E-state index >= 15 is 0 Å². The molecule has 0 radical (unpaired) electrons. The maximum absolute atomic E-state index is 11.9. The predicted octanol–water partition coefficient (Wildman–Crippen LogP) is 2.57. The Labute approximate surface area is 96.9 Å². The van der Waals surface area contributed by atoms with Crippen molar-refractivity contribution in [3.63, 3.8) is 0 Å². The lowest BCUT2D eigenvalue weighted by molar-refractivity contribution is -0.134. The first kappa shape index (κ1) is 13.0. The zero-order chi connectivity index (χ0) is 12.7. The van der Waals surface area contributed by atoms with Crippen molar-refractivity contribution in [2.45, 2.75) is 59.1 Å². The number of imide groups is 1. The molecule has 0 aromatic carbocycles. The van der Waals surface area contributed by atoms with Crippen molar-refractivity contribution < 1.29 is 14.3 Å². The Balaban J connectivity index is 3.25. The fourth-order valence-corrected chi connectivity index (χ4v) is 2.30. The minimum absolute atomic E-state index is 0.143. The van der Waals surface area contributed by atoms with E-state index in [9.17, 15) is 9.59 Å². The van der Waals surface area contributed by atoms with Gasteiger partial charge in [-0.1, -0.05) is 20.8 Å². The van der Waals surface area contributed by atoms with Gasteiger partial charge in [0.05, 0.1) is 5.54 Å². The van der Waals surface area contributed by atoms with E-state index in [1.807, 2.05) is 34.6 Å². The molecule has 1 heterocycles. The van der Waals surface area contributed by atoms with E-state index in [0.717, 1.165) is 0 Å². The number of carbonyl (C=O) groups excluding carboxylic acids is 2. The number of carbonyl (C=O) groups is 2. The van der Waals surface area contributed by atoms with Crippen molar-refractivity contribution >= 4 is 12.0 Å². The molecule has 16 heavy (non-hydrogen) atoms. The molecule has 2 amide bonds. The van der Waals surface area contributed by atoms with Crippen LogP contribution < -0.4 is 0 Å². The normalized spacial score (nSPS) is 28.4. The van der Waals surface area contributed by atoms with E-state index in [2.05, 4.69) is 0 Å². The first-order valence-electron chi connectivity index (χ1n) is 5.74. The van der Waals surface area contributed by atoms with Crippen LogP contribution in [0, 0.1) is 5.92 Å². The third-order valence-electron chi connectivity index (χ3n) is 3.88. The molecular formula is C12H21NO3. The lowest BCUT2D eigenvalue weighted by Crippen LogP contribution is -2.58. The van der Waals surface area contributed by atoms with E-state index in [0.29, 0.717) is 6.42 Å². The number of amides is 2. The van der Waals surface area contributed by atoms with Crippen LogP contribution in [-0.4, -0.2) is 28.0 Å². The lowest BCUT2D eigenvalue weighted by Gasteiger charge is -2.42. The molecule has 1 unspecified atom stereocenters. The molecule has 1 aliphatic heterocycles. The van der Waals surface area contributed by atoms with Gasteiger partial charge in [-0.3, -0.25) is 4.79 Å². The molecule has 1 atom stereocenters. The zero-order valence-electron chi connectivity index (χ0n) is 11.0. The Morgan fingerprint density at radius 3 is 2.25 bits per heavy atom. The summed E-state index contributed by atoms with van der Waals surface area (Å²) in [4.78, 5) is 24.9. The molecule has 0 spiro atoms. The molecule has 0 aromatic rings. The lowest BCUT2D eigenvalue weighted by atomic mass is 9.75. The van der Waals surface area contributed by atoms with Gasteiger partial charge in [0, 0.05) is 6.42 Å². The average molecular weight is 227 g/mol. The summed E-state index contributed by atoms with van der Waals surface area (Å²) in [7, 11) is 0. The summed E-state index contributed by atoms with van der Waals surface area (Å²) < 4.78 is 5.33. The van der Waals surface area contributed by atoms with Gasteiger partial charge >= 0.3 is 6.09 Å². The van der Waals surface area contributed by atoms with Crippen LogP contribution in [-0.2, 0) is 9.53 Å². The summed E-state index contributed by atoms with van der Waals surface area (Å²) in [6.07, 6.45) is -0.207. The highest BCUT2D eigenvalue weighted by Crippen LogP contribution is 2.44. The fourth-order valence-electron chi connectivity index (χ4n) is 2.30. The van der Waals surface area contributed by atoms with Crippen LogP contribution in [0.25, 0.3) is 0 Å². The quantitative estimate of drug-likeness (QED) is 0.728. The third-order valence-corrected chi connectivity index (χ3v) is 3.88. The van der Waals surface area contributed by atoms with E-state index in [-0.39, 0.29) is 11.8 Å². The minimum Gasteiger partial charge on any atom is -0.441 e. The molecule has 1 aliphatic rings. The van der Waals surface area contributed by atoms with Crippen molar-refractivity contribution in [3.05, 3.63) is 0 Å². The minimum atomic E-state index is -0.650. The van der Waals surface area contributed by atoms with Crippen LogP contribution in [0.1, 0.15) is 48.0 Å². The van der Waals surface area contributed by atoms with Gasteiger partial charge in [-0.2, -0.15) is 0 Å². The van der Waals surface area contributed by atoms with Gasteiger partial charge in [0.1, 0.15) is 5.60 Å². The maximum Gasteiger partial charge on any atom is 0.417 e. The Hall–Kier alpha value is -1.06. The number of hydrogen-bond acceptors (Lipinski definition) is 3. The molecule has 0 saturated carbocycles. The van der Waals surface area contributed by atoms with E-state index in [1.165, 1.54) is 4.90 Å². The third kappa shape index (κ3) is 1.51. The topological polar surface area (TPSA) is 46.6 Å². The standard InChI is InChI=1S/C12H21NO3/c1-7-9(14)13-10(15)16-11(4,5)12(13,6)8(2)3/h8H,7H2,1-6H3. The van der Waals surface area contributed by atoms with Gasteiger partial charge in [0.25, 0.3) is 0 Å². The number of hydrogen-bond donors (Lipinski definition) is 0. The number of rotatable bonds is 2. The van der Waals surface area contributed by atoms with Crippen LogP contribution in [0.5, 0.6) is 0 Å². The van der Waals surface area contributed by atoms with Gasteiger partial charge in [-0.05, 0) is 26.7 Å². The Morgan fingerprint density at radius 1 is 1.38 bits per heavy atom. The first-order valence-corrected chi connectivity index (χ1v) is 5.74. The van der Waals surface area contributed by atoms with Gasteiger partial charge in [0.2, 0.25) is 5.91 Å². The van der Waals surface area contributed by atoms with Crippen molar-refractivity contribution in [2.75, 3.05) is 0 Å². The molecule has 0 aliphatic carbocycles. The summed E-state index contributed by atoms with van der Waals surface area (Å²) in [6, 6.07) is 0. The van der Waals surface area contributed by atoms with Gasteiger partial charge in [0.15, 0.2) is 0 Å². The van der Waals surface area contributed by atoms with Crippen molar-refractivity contribution in [1.82, 2.24) is 4.90 Å². The predicted molar refractivity (Wildman–Crippen MR) is 60.9 cm³/mol. The second-order valence-corrected chi connectivity index (χ2v) is 5.26. The highest BCUT2D eigenvalue weighted by atomic mass is 16.6. The van der Waals surface area contributed by atoms with Crippen molar-refractivity contribution in [3.8, 4) is 0 Å². The molecule has 4 nitrogen and oxygen atoms in total. The smallest absolute Gasteiger partial charge is 0.417 e. The average Bonchev–Trinajstić information content (AvgIpc) is 2.33. The highest BCUT2D eigenvalue weighted by molar-refractivity contribution is 5.94. The summed E-state index contributed by atoms with van der Waals surface area (Å²) in [5.74, 6) is -0.0313. The summed E-state index contributed by atoms with van der Waals surface area (Å²) in [5.41, 5.74) is -1.24. The molecule has 0 aromatic heterocycles. The van der Waals surface area contributed by atoms with Gasteiger partial charge in [-0.15, -0.1) is 0 Å². The molecule has 4 heteroatoms. The van der Waals surface area contributed by atoms with Crippen LogP contribution in [0.3, 0.4) is 0 Å². The number of cyclic esters (lactones) is 1. The first-order chi connectivity index (χ1) is 7.18. The molecule has 1 saturated heterocycles. The van der Waals surface area contributed by atoms with E-state index < -0.39 is 17.2 Å². The number of ether oxygens (including phenoxy) is 1. The summed E-state index contributed by atoms with van der Waals surface area (Å²) in [5, 5.41) is 0. The summed E-state index contributed by atoms with van der Waals surface area (Å²) in [6.45, 7) is 11.4.